The molecule has 0 bridgehead atoms. The molecule has 0 aromatic carbocycles. The number of anilines is 1. The fourth-order valence-electron chi connectivity index (χ4n) is 1.61. The molecule has 0 amide bonds. The summed E-state index contributed by atoms with van der Waals surface area (Å²) in [4.78, 5) is 16.2. The molecule has 0 fully saturated rings. The molecule has 2 heterocycles. The number of nitrogens with one attached hydrogen (secondary N) is 1. The number of aromatic carboxylic acids is 1. The van der Waals surface area contributed by atoms with Gasteiger partial charge >= 0.3 is 5.97 Å². The minimum Gasteiger partial charge on any atom is -0.478 e. The molecule has 2 aromatic heterocycles. The Morgan fingerprint density at radius 1 is 1.42 bits per heavy atom. The molecule has 0 spiro atoms. The van der Waals surface area contributed by atoms with Crippen molar-refractivity contribution in [3.8, 4) is 0 Å². The second kappa shape index (κ2) is 5.94. The van der Waals surface area contributed by atoms with E-state index in [0.29, 0.717) is 5.82 Å². The highest BCUT2D eigenvalue weighted by atomic mass is 16.4. The Hall–Kier alpha value is -2.44. The minimum atomic E-state index is -0.971. The van der Waals surface area contributed by atoms with E-state index in [2.05, 4.69) is 20.5 Å². The molecule has 0 radical (unpaired) electrons. The van der Waals surface area contributed by atoms with Gasteiger partial charge in [-0.2, -0.15) is 15.0 Å². The summed E-state index contributed by atoms with van der Waals surface area (Å²) in [6, 6.07) is 3.19. The first kappa shape index (κ1) is 13.0. The average molecular weight is 261 g/mol. The molecule has 0 saturated carbocycles. The SMILES string of the molecule is Cn1ncc(CCCNc2ccc(C(=O)O)cn2)n1. The minimum absolute atomic E-state index is 0.185. The number of nitrogens with zero attached hydrogens (tertiary/aromatic N) is 4. The molecule has 2 aromatic rings. The summed E-state index contributed by atoms with van der Waals surface area (Å²) >= 11 is 0. The third-order valence-electron chi connectivity index (χ3n) is 2.57. The Bertz CT molecular complexity index is 550. The first-order valence-corrected chi connectivity index (χ1v) is 5.93. The van der Waals surface area contributed by atoms with Crippen LogP contribution < -0.4 is 5.32 Å². The highest BCUT2D eigenvalue weighted by Gasteiger charge is 2.02. The van der Waals surface area contributed by atoms with E-state index in [1.165, 1.54) is 17.1 Å². The molecule has 19 heavy (non-hydrogen) atoms. The van der Waals surface area contributed by atoms with Crippen LogP contribution in [0, 0.1) is 0 Å². The number of carbonyl (C=O) groups is 1. The van der Waals surface area contributed by atoms with Crippen molar-refractivity contribution in [1.29, 1.82) is 0 Å². The molecule has 0 saturated heterocycles. The summed E-state index contributed by atoms with van der Waals surface area (Å²) in [6.45, 7) is 0.746. The van der Waals surface area contributed by atoms with Crippen molar-refractivity contribution in [3.05, 3.63) is 35.8 Å². The van der Waals surface area contributed by atoms with Gasteiger partial charge in [0.2, 0.25) is 0 Å². The van der Waals surface area contributed by atoms with Crippen molar-refractivity contribution in [2.45, 2.75) is 12.8 Å². The van der Waals surface area contributed by atoms with Crippen molar-refractivity contribution >= 4 is 11.8 Å². The molecular weight excluding hydrogens is 246 g/mol. The van der Waals surface area contributed by atoms with Gasteiger partial charge in [-0.05, 0) is 25.0 Å². The van der Waals surface area contributed by atoms with Crippen LogP contribution in [-0.4, -0.2) is 37.6 Å². The zero-order chi connectivity index (χ0) is 13.7. The van der Waals surface area contributed by atoms with Crippen LogP contribution in [0.3, 0.4) is 0 Å². The van der Waals surface area contributed by atoms with Crippen LogP contribution in [-0.2, 0) is 13.5 Å². The molecule has 0 aliphatic heterocycles. The zero-order valence-corrected chi connectivity index (χ0v) is 10.6. The van der Waals surface area contributed by atoms with Crippen molar-refractivity contribution in [2.24, 2.45) is 7.05 Å². The molecular formula is C12H15N5O2. The Labute approximate surface area is 110 Å². The number of rotatable bonds is 6. The lowest BCUT2D eigenvalue weighted by Crippen LogP contribution is -2.06. The molecule has 0 aliphatic carbocycles. The van der Waals surface area contributed by atoms with E-state index in [9.17, 15) is 4.79 Å². The van der Waals surface area contributed by atoms with Gasteiger partial charge in [0, 0.05) is 19.8 Å². The second-order valence-corrected chi connectivity index (χ2v) is 4.09. The topological polar surface area (TPSA) is 92.9 Å². The predicted molar refractivity (Wildman–Crippen MR) is 69.0 cm³/mol. The van der Waals surface area contributed by atoms with Crippen LogP contribution >= 0.6 is 0 Å². The van der Waals surface area contributed by atoms with E-state index in [1.807, 2.05) is 0 Å². The fourth-order valence-corrected chi connectivity index (χ4v) is 1.61. The Morgan fingerprint density at radius 3 is 2.84 bits per heavy atom. The summed E-state index contributed by atoms with van der Waals surface area (Å²) in [6.07, 6.45) is 4.84. The van der Waals surface area contributed by atoms with Crippen molar-refractivity contribution in [1.82, 2.24) is 20.0 Å². The molecule has 100 valence electrons. The molecule has 7 nitrogen and oxygen atoms in total. The first-order chi connectivity index (χ1) is 9.15. The van der Waals surface area contributed by atoms with Gasteiger partial charge in [0.25, 0.3) is 0 Å². The number of carboxylic acid groups (broad SMARTS) is 1. The van der Waals surface area contributed by atoms with Gasteiger partial charge in [-0.15, -0.1) is 0 Å². The van der Waals surface area contributed by atoms with Crippen LogP contribution in [0.1, 0.15) is 22.5 Å². The normalized spacial score (nSPS) is 10.4. The smallest absolute Gasteiger partial charge is 0.337 e. The van der Waals surface area contributed by atoms with Crippen LogP contribution in [0.2, 0.25) is 0 Å². The number of hydrogen-bond acceptors (Lipinski definition) is 5. The van der Waals surface area contributed by atoms with Crippen molar-refractivity contribution < 1.29 is 9.90 Å². The van der Waals surface area contributed by atoms with E-state index in [0.717, 1.165) is 25.1 Å². The lowest BCUT2D eigenvalue weighted by atomic mass is 10.2. The first-order valence-electron chi connectivity index (χ1n) is 5.93. The van der Waals surface area contributed by atoms with E-state index in [4.69, 9.17) is 5.11 Å². The maximum Gasteiger partial charge on any atom is 0.337 e. The molecule has 0 aliphatic rings. The Kier molecular flexibility index (Phi) is 4.07. The maximum absolute atomic E-state index is 10.7. The molecule has 0 unspecified atom stereocenters. The average Bonchev–Trinajstić information content (AvgIpc) is 2.81. The third-order valence-corrected chi connectivity index (χ3v) is 2.57. The van der Waals surface area contributed by atoms with Gasteiger partial charge in [-0.1, -0.05) is 0 Å². The predicted octanol–water partition coefficient (Wildman–Crippen LogP) is 0.953. The molecule has 2 N–H and O–H groups in total. The number of hydrogen-bond donors (Lipinski definition) is 2. The highest BCUT2D eigenvalue weighted by molar-refractivity contribution is 5.87. The van der Waals surface area contributed by atoms with Gasteiger partial charge in [0.05, 0.1) is 17.5 Å². The van der Waals surface area contributed by atoms with E-state index in [1.54, 1.807) is 19.3 Å². The van der Waals surface area contributed by atoms with Gasteiger partial charge in [-0.3, -0.25) is 0 Å². The second-order valence-electron chi connectivity index (χ2n) is 4.09. The van der Waals surface area contributed by atoms with Crippen molar-refractivity contribution in [3.63, 3.8) is 0 Å². The van der Waals surface area contributed by atoms with Crippen LogP contribution in [0.5, 0.6) is 0 Å². The maximum atomic E-state index is 10.7. The quantitative estimate of drug-likeness (QED) is 0.752. The summed E-state index contributed by atoms with van der Waals surface area (Å²) in [7, 11) is 1.79. The number of aryl methyl sites for hydroxylation is 2. The van der Waals surface area contributed by atoms with E-state index >= 15 is 0 Å². The van der Waals surface area contributed by atoms with Gasteiger partial charge in [0.15, 0.2) is 0 Å². The number of aromatic nitrogens is 4. The lowest BCUT2D eigenvalue weighted by Gasteiger charge is -2.04. The zero-order valence-electron chi connectivity index (χ0n) is 10.6. The Balaban J connectivity index is 1.75. The molecule has 0 atom stereocenters. The van der Waals surface area contributed by atoms with E-state index in [-0.39, 0.29) is 5.56 Å². The van der Waals surface area contributed by atoms with Crippen LogP contribution in [0.25, 0.3) is 0 Å². The number of carboxylic acids is 1. The summed E-state index contributed by atoms with van der Waals surface area (Å²) in [5, 5.41) is 20.1. The van der Waals surface area contributed by atoms with Gasteiger partial charge in [0.1, 0.15) is 5.82 Å². The monoisotopic (exact) mass is 261 g/mol. The van der Waals surface area contributed by atoms with Crippen LogP contribution in [0.4, 0.5) is 5.82 Å². The summed E-state index contributed by atoms with van der Waals surface area (Å²) in [5.41, 5.74) is 1.14. The molecule has 7 heteroatoms. The van der Waals surface area contributed by atoms with Crippen LogP contribution in [0.15, 0.2) is 24.5 Å². The summed E-state index contributed by atoms with van der Waals surface area (Å²) < 4.78 is 0. The number of pyridine rings is 1. The third kappa shape index (κ3) is 3.77. The Morgan fingerprint density at radius 2 is 2.26 bits per heavy atom. The largest absolute Gasteiger partial charge is 0.478 e. The fraction of sp³-hybridized carbons (Fsp3) is 0.333. The van der Waals surface area contributed by atoms with Gasteiger partial charge in [-0.25, -0.2) is 9.78 Å². The lowest BCUT2D eigenvalue weighted by molar-refractivity contribution is 0.0696. The van der Waals surface area contributed by atoms with Crippen molar-refractivity contribution in [2.75, 3.05) is 11.9 Å². The summed E-state index contributed by atoms with van der Waals surface area (Å²) in [5.74, 6) is -0.300. The standard InChI is InChI=1S/C12H15N5O2/c1-17-15-8-10(16-17)3-2-6-13-11-5-4-9(7-14-11)12(18)19/h4-5,7-8H,2-3,6H2,1H3,(H,13,14)(H,18,19). The van der Waals surface area contributed by atoms with E-state index < -0.39 is 5.97 Å². The molecule has 2 rings (SSSR count). The highest BCUT2D eigenvalue weighted by Crippen LogP contribution is 2.05. The van der Waals surface area contributed by atoms with Gasteiger partial charge < -0.3 is 10.4 Å².